The van der Waals surface area contributed by atoms with Crippen LogP contribution in [-0.2, 0) is 19.8 Å². The molecule has 0 spiro atoms. The molecule has 1 aromatic heterocycles. The topological polar surface area (TPSA) is 41.9 Å². The zero-order chi connectivity index (χ0) is 15.5. The lowest BCUT2D eigenvalue weighted by molar-refractivity contribution is -0.137. The van der Waals surface area contributed by atoms with Crippen molar-refractivity contribution in [1.82, 2.24) is 15.1 Å². The number of rotatable bonds is 3. The van der Waals surface area contributed by atoms with Crippen molar-refractivity contribution >= 4 is 23.0 Å². The highest BCUT2D eigenvalue weighted by molar-refractivity contribution is 7.80. The van der Waals surface area contributed by atoms with E-state index in [0.717, 1.165) is 17.7 Å². The van der Waals surface area contributed by atoms with Gasteiger partial charge in [0.2, 0.25) is 0 Å². The summed E-state index contributed by atoms with van der Waals surface area (Å²) in [4.78, 5) is 0. The van der Waals surface area contributed by atoms with Gasteiger partial charge in [0.05, 0.1) is 11.8 Å². The monoisotopic (exact) mass is 314 g/mol. The van der Waals surface area contributed by atoms with Gasteiger partial charge in [-0.3, -0.25) is 4.68 Å². The van der Waals surface area contributed by atoms with Crippen LogP contribution in [0.15, 0.2) is 36.7 Å². The van der Waals surface area contributed by atoms with Crippen LogP contribution in [-0.4, -0.2) is 14.9 Å². The number of aromatic nitrogens is 2. The highest BCUT2D eigenvalue weighted by Crippen LogP contribution is 2.30. The first-order valence-electron chi connectivity index (χ1n) is 6.04. The average molecular weight is 314 g/mol. The van der Waals surface area contributed by atoms with Crippen LogP contribution in [0.1, 0.15) is 11.1 Å². The van der Waals surface area contributed by atoms with Crippen molar-refractivity contribution in [1.29, 1.82) is 0 Å². The number of thiocarbonyl (C=S) groups is 1. The van der Waals surface area contributed by atoms with Crippen molar-refractivity contribution in [2.75, 3.05) is 5.32 Å². The van der Waals surface area contributed by atoms with Gasteiger partial charge in [0, 0.05) is 31.0 Å². The number of hydrogen-bond acceptors (Lipinski definition) is 2. The second-order valence-electron chi connectivity index (χ2n) is 4.41. The molecule has 0 bridgehead atoms. The molecular formula is C13H13F3N4S. The Kier molecular flexibility index (Phi) is 4.46. The van der Waals surface area contributed by atoms with Gasteiger partial charge in [-0.2, -0.15) is 18.3 Å². The predicted molar refractivity (Wildman–Crippen MR) is 77.7 cm³/mol. The van der Waals surface area contributed by atoms with E-state index in [-0.39, 0.29) is 10.8 Å². The van der Waals surface area contributed by atoms with Crippen molar-refractivity contribution in [3.63, 3.8) is 0 Å². The van der Waals surface area contributed by atoms with Crippen LogP contribution in [0, 0.1) is 0 Å². The third kappa shape index (κ3) is 4.45. The third-order valence-electron chi connectivity index (χ3n) is 2.66. The minimum atomic E-state index is -4.37. The first-order valence-corrected chi connectivity index (χ1v) is 6.45. The number of alkyl halides is 3. The molecule has 1 heterocycles. The van der Waals surface area contributed by atoms with Crippen molar-refractivity contribution in [2.24, 2.45) is 7.05 Å². The molecule has 0 amide bonds. The molecule has 112 valence electrons. The minimum absolute atomic E-state index is 0.248. The Bertz CT molecular complexity index is 636. The molecule has 8 heteroatoms. The van der Waals surface area contributed by atoms with E-state index >= 15 is 0 Å². The zero-order valence-corrected chi connectivity index (χ0v) is 11.9. The number of halogens is 3. The maximum atomic E-state index is 12.6. The second-order valence-corrected chi connectivity index (χ2v) is 4.82. The summed E-state index contributed by atoms with van der Waals surface area (Å²) in [6.07, 6.45) is -0.873. The number of nitrogens with zero attached hydrogens (tertiary/aromatic N) is 2. The maximum absolute atomic E-state index is 12.6. The largest absolute Gasteiger partial charge is 0.416 e. The van der Waals surface area contributed by atoms with Crippen LogP contribution in [0.5, 0.6) is 0 Å². The third-order valence-corrected chi connectivity index (χ3v) is 2.91. The highest BCUT2D eigenvalue weighted by Gasteiger charge is 2.30. The lowest BCUT2D eigenvalue weighted by Crippen LogP contribution is -2.27. The van der Waals surface area contributed by atoms with Gasteiger partial charge >= 0.3 is 6.18 Å². The SMILES string of the molecule is Cn1cc(CNC(=S)Nc2cccc(C(F)(F)F)c2)cn1. The molecule has 2 N–H and O–H groups in total. The summed E-state index contributed by atoms with van der Waals surface area (Å²) in [6.45, 7) is 0.443. The van der Waals surface area contributed by atoms with Crippen molar-refractivity contribution in [3.8, 4) is 0 Å². The van der Waals surface area contributed by atoms with Crippen molar-refractivity contribution in [3.05, 3.63) is 47.8 Å². The van der Waals surface area contributed by atoms with Crippen LogP contribution in [0.25, 0.3) is 0 Å². The Morgan fingerprint density at radius 1 is 1.38 bits per heavy atom. The molecule has 21 heavy (non-hydrogen) atoms. The number of nitrogens with one attached hydrogen (secondary N) is 2. The van der Waals surface area contributed by atoms with E-state index in [1.807, 2.05) is 6.20 Å². The van der Waals surface area contributed by atoms with E-state index in [1.54, 1.807) is 17.9 Å². The number of aryl methyl sites for hydroxylation is 1. The van der Waals surface area contributed by atoms with Crippen LogP contribution < -0.4 is 10.6 Å². The zero-order valence-electron chi connectivity index (χ0n) is 11.1. The van der Waals surface area contributed by atoms with Gasteiger partial charge in [-0.25, -0.2) is 0 Å². The lowest BCUT2D eigenvalue weighted by Gasteiger charge is -2.12. The molecule has 0 aliphatic carbocycles. The van der Waals surface area contributed by atoms with E-state index in [1.165, 1.54) is 12.1 Å². The molecule has 0 aliphatic rings. The minimum Gasteiger partial charge on any atom is -0.358 e. The van der Waals surface area contributed by atoms with Crippen LogP contribution >= 0.6 is 12.2 Å². The maximum Gasteiger partial charge on any atom is 0.416 e. The molecular weight excluding hydrogens is 301 g/mol. The van der Waals surface area contributed by atoms with E-state index in [9.17, 15) is 13.2 Å². The summed E-state index contributed by atoms with van der Waals surface area (Å²) in [7, 11) is 1.79. The molecule has 0 atom stereocenters. The van der Waals surface area contributed by atoms with Gasteiger partial charge in [0.1, 0.15) is 0 Å². The molecule has 0 saturated carbocycles. The second kappa shape index (κ2) is 6.13. The van der Waals surface area contributed by atoms with Crippen LogP contribution in [0.2, 0.25) is 0 Å². The fourth-order valence-electron chi connectivity index (χ4n) is 1.69. The van der Waals surface area contributed by atoms with Crippen LogP contribution in [0.4, 0.5) is 18.9 Å². The fraction of sp³-hybridized carbons (Fsp3) is 0.231. The molecule has 4 nitrogen and oxygen atoms in total. The van der Waals surface area contributed by atoms with Crippen molar-refractivity contribution < 1.29 is 13.2 Å². The van der Waals surface area contributed by atoms with Gasteiger partial charge < -0.3 is 10.6 Å². The normalized spacial score (nSPS) is 11.2. The van der Waals surface area contributed by atoms with E-state index in [2.05, 4.69) is 15.7 Å². The van der Waals surface area contributed by atoms with E-state index in [0.29, 0.717) is 6.54 Å². The molecule has 0 fully saturated rings. The molecule has 1 aromatic carbocycles. The first-order chi connectivity index (χ1) is 9.84. The summed E-state index contributed by atoms with van der Waals surface area (Å²) in [5, 5.41) is 9.88. The Hall–Kier alpha value is -2.09. The fourth-order valence-corrected chi connectivity index (χ4v) is 1.88. The Balaban J connectivity index is 1.93. The molecule has 0 unspecified atom stereocenters. The predicted octanol–water partition coefficient (Wildman–Crippen LogP) is 2.93. The lowest BCUT2D eigenvalue weighted by atomic mass is 10.2. The Morgan fingerprint density at radius 3 is 2.76 bits per heavy atom. The molecule has 0 saturated heterocycles. The standard InChI is InChI=1S/C13H13F3N4S/c1-20-8-9(7-18-20)6-17-12(21)19-11-4-2-3-10(5-11)13(14,15)16/h2-5,7-8H,6H2,1H3,(H2,17,19,21). The smallest absolute Gasteiger partial charge is 0.358 e. The molecule has 0 aliphatic heterocycles. The van der Waals surface area contributed by atoms with Crippen LogP contribution in [0.3, 0.4) is 0 Å². The van der Waals surface area contributed by atoms with Gasteiger partial charge in [-0.15, -0.1) is 0 Å². The number of anilines is 1. The molecule has 0 radical (unpaired) electrons. The average Bonchev–Trinajstić information content (AvgIpc) is 2.82. The van der Waals surface area contributed by atoms with E-state index < -0.39 is 11.7 Å². The summed E-state index contributed by atoms with van der Waals surface area (Å²) >= 11 is 5.05. The van der Waals surface area contributed by atoms with E-state index in [4.69, 9.17) is 12.2 Å². The number of hydrogen-bond donors (Lipinski definition) is 2. The summed E-state index contributed by atoms with van der Waals surface area (Å²) < 4.78 is 39.4. The van der Waals surface area contributed by atoms with Gasteiger partial charge in [-0.05, 0) is 30.4 Å². The quantitative estimate of drug-likeness (QED) is 0.855. The summed E-state index contributed by atoms with van der Waals surface area (Å²) in [5.74, 6) is 0. The van der Waals surface area contributed by atoms with Gasteiger partial charge in [0.25, 0.3) is 0 Å². The highest BCUT2D eigenvalue weighted by atomic mass is 32.1. The molecule has 2 aromatic rings. The Labute approximate surface area is 125 Å². The number of benzene rings is 1. The molecule has 2 rings (SSSR count). The first kappa shape index (κ1) is 15.3. The Morgan fingerprint density at radius 2 is 2.14 bits per heavy atom. The summed E-state index contributed by atoms with van der Waals surface area (Å²) in [6, 6.07) is 4.87. The van der Waals surface area contributed by atoms with Crippen molar-refractivity contribution in [2.45, 2.75) is 12.7 Å². The van der Waals surface area contributed by atoms with Gasteiger partial charge in [0.15, 0.2) is 5.11 Å². The van der Waals surface area contributed by atoms with Gasteiger partial charge in [-0.1, -0.05) is 6.07 Å². The summed E-state index contributed by atoms with van der Waals surface area (Å²) in [5.41, 5.74) is 0.488.